The van der Waals surface area contributed by atoms with Crippen LogP contribution in [-0.2, 0) is 9.59 Å². The number of halogens is 1. The third kappa shape index (κ3) is 3.37. The van der Waals surface area contributed by atoms with E-state index >= 15 is 0 Å². The lowest BCUT2D eigenvalue weighted by Gasteiger charge is -2.31. The van der Waals surface area contributed by atoms with Gasteiger partial charge in [-0.2, -0.15) is 0 Å². The van der Waals surface area contributed by atoms with Crippen molar-refractivity contribution < 1.29 is 19.4 Å². The SMILES string of the molecule is COc1cc(/C(O)=C2\C(=O)C(=O)N(C3CCCC3)C2c2ccccc2C)ccc1Cl. The maximum atomic E-state index is 13.1. The molecular weight excluding hydrogens is 402 g/mol. The molecule has 0 aromatic heterocycles. The summed E-state index contributed by atoms with van der Waals surface area (Å²) < 4.78 is 5.25. The second-order valence-electron chi connectivity index (χ2n) is 7.85. The lowest BCUT2D eigenvalue weighted by molar-refractivity contribution is -0.141. The molecule has 2 aromatic rings. The maximum absolute atomic E-state index is 13.1. The van der Waals surface area contributed by atoms with Gasteiger partial charge in [-0.25, -0.2) is 0 Å². The van der Waals surface area contributed by atoms with Crippen molar-refractivity contribution >= 4 is 29.1 Å². The molecule has 156 valence electrons. The first-order chi connectivity index (χ1) is 14.4. The van der Waals surface area contributed by atoms with Crippen molar-refractivity contribution in [2.24, 2.45) is 0 Å². The van der Waals surface area contributed by atoms with E-state index in [0.717, 1.165) is 36.8 Å². The predicted octanol–water partition coefficient (Wildman–Crippen LogP) is 5.02. The first-order valence-corrected chi connectivity index (χ1v) is 10.5. The van der Waals surface area contributed by atoms with Gasteiger partial charge in [0.2, 0.25) is 0 Å². The van der Waals surface area contributed by atoms with Crippen LogP contribution in [0.3, 0.4) is 0 Å². The van der Waals surface area contributed by atoms with Crippen LogP contribution in [0.4, 0.5) is 0 Å². The number of Topliss-reactive ketones (excluding diaryl/α,β-unsaturated/α-hetero) is 1. The van der Waals surface area contributed by atoms with E-state index in [-0.39, 0.29) is 17.4 Å². The number of nitrogens with zero attached hydrogens (tertiary/aromatic N) is 1. The average molecular weight is 426 g/mol. The van der Waals surface area contributed by atoms with E-state index in [9.17, 15) is 14.7 Å². The molecule has 1 aliphatic heterocycles. The summed E-state index contributed by atoms with van der Waals surface area (Å²) in [6, 6.07) is 11.9. The van der Waals surface area contributed by atoms with E-state index in [0.29, 0.717) is 16.3 Å². The van der Waals surface area contributed by atoms with Crippen molar-refractivity contribution in [3.05, 3.63) is 69.8 Å². The van der Waals surface area contributed by atoms with Gasteiger partial charge in [-0.05, 0) is 49.1 Å². The molecule has 4 rings (SSSR count). The number of methoxy groups -OCH3 is 1. The number of rotatable bonds is 4. The average Bonchev–Trinajstić information content (AvgIpc) is 3.35. The Morgan fingerprint density at radius 1 is 1.13 bits per heavy atom. The Labute approximate surface area is 180 Å². The molecule has 2 aromatic carbocycles. The van der Waals surface area contributed by atoms with E-state index in [1.807, 2.05) is 31.2 Å². The number of aliphatic hydroxyl groups is 1. The van der Waals surface area contributed by atoms with Crippen molar-refractivity contribution in [3.63, 3.8) is 0 Å². The van der Waals surface area contributed by atoms with Crippen LogP contribution >= 0.6 is 11.6 Å². The summed E-state index contributed by atoms with van der Waals surface area (Å²) in [4.78, 5) is 27.9. The molecule has 0 spiro atoms. The number of benzene rings is 2. The summed E-state index contributed by atoms with van der Waals surface area (Å²) in [7, 11) is 1.48. The van der Waals surface area contributed by atoms with Crippen molar-refractivity contribution in [1.29, 1.82) is 0 Å². The summed E-state index contributed by atoms with van der Waals surface area (Å²) in [5, 5.41) is 11.6. The monoisotopic (exact) mass is 425 g/mol. The highest BCUT2D eigenvalue weighted by Crippen LogP contribution is 2.44. The van der Waals surface area contributed by atoms with Crippen LogP contribution in [0.15, 0.2) is 48.0 Å². The second-order valence-corrected chi connectivity index (χ2v) is 8.26. The zero-order valence-corrected chi connectivity index (χ0v) is 17.8. The summed E-state index contributed by atoms with van der Waals surface area (Å²) >= 11 is 6.12. The quantitative estimate of drug-likeness (QED) is 0.424. The predicted molar refractivity (Wildman–Crippen MR) is 116 cm³/mol. The van der Waals surface area contributed by atoms with Crippen molar-refractivity contribution in [2.45, 2.75) is 44.7 Å². The summed E-state index contributed by atoms with van der Waals surface area (Å²) in [6.45, 7) is 1.95. The lowest BCUT2D eigenvalue weighted by Crippen LogP contribution is -2.37. The fourth-order valence-electron chi connectivity index (χ4n) is 4.57. The summed E-state index contributed by atoms with van der Waals surface area (Å²) in [5.74, 6) is -1.02. The minimum Gasteiger partial charge on any atom is -0.507 e. The molecule has 1 N–H and O–H groups in total. The number of aliphatic hydroxyl groups excluding tert-OH is 1. The summed E-state index contributed by atoms with van der Waals surface area (Å²) in [6.07, 6.45) is 3.79. The number of aryl methyl sites for hydroxylation is 1. The van der Waals surface area contributed by atoms with E-state index in [1.54, 1.807) is 23.1 Å². The zero-order chi connectivity index (χ0) is 21.4. The smallest absolute Gasteiger partial charge is 0.295 e. The van der Waals surface area contributed by atoms with Crippen LogP contribution in [-0.4, -0.2) is 34.8 Å². The van der Waals surface area contributed by atoms with Gasteiger partial charge in [0.25, 0.3) is 11.7 Å². The van der Waals surface area contributed by atoms with Crippen LogP contribution in [0, 0.1) is 6.92 Å². The van der Waals surface area contributed by atoms with E-state index in [4.69, 9.17) is 16.3 Å². The fraction of sp³-hybridized carbons (Fsp3) is 0.333. The highest BCUT2D eigenvalue weighted by molar-refractivity contribution is 6.46. The van der Waals surface area contributed by atoms with Gasteiger partial charge >= 0.3 is 0 Å². The molecule has 6 heteroatoms. The number of amides is 1. The molecule has 30 heavy (non-hydrogen) atoms. The standard InChI is InChI=1S/C24H24ClNO4/c1-14-7-3-6-10-17(14)21-20(22(27)15-11-12-18(25)19(13-15)30-2)23(28)24(29)26(21)16-8-4-5-9-16/h3,6-7,10-13,16,21,27H,4-5,8-9H2,1-2H3/b22-20+. The molecule has 5 nitrogen and oxygen atoms in total. The summed E-state index contributed by atoms with van der Waals surface area (Å²) in [5.41, 5.74) is 2.32. The number of hydrogen-bond donors (Lipinski definition) is 1. The van der Waals surface area contributed by atoms with Crippen LogP contribution < -0.4 is 4.74 Å². The second kappa shape index (κ2) is 8.15. The van der Waals surface area contributed by atoms with Crippen molar-refractivity contribution in [2.75, 3.05) is 7.11 Å². The van der Waals surface area contributed by atoms with Crippen molar-refractivity contribution in [3.8, 4) is 5.75 Å². The van der Waals surface area contributed by atoms with Gasteiger partial charge in [-0.1, -0.05) is 48.7 Å². The van der Waals surface area contributed by atoms with Crippen LogP contribution in [0.1, 0.15) is 48.4 Å². The van der Waals surface area contributed by atoms with Gasteiger partial charge < -0.3 is 14.7 Å². The van der Waals surface area contributed by atoms with E-state index in [1.165, 1.54) is 7.11 Å². The maximum Gasteiger partial charge on any atom is 0.295 e. The third-order valence-corrected chi connectivity index (χ3v) is 6.42. The molecule has 1 aliphatic carbocycles. The Morgan fingerprint density at radius 2 is 1.83 bits per heavy atom. The Bertz CT molecular complexity index is 1040. The molecule has 1 heterocycles. The van der Waals surface area contributed by atoms with Crippen molar-refractivity contribution in [1.82, 2.24) is 4.90 Å². The Balaban J connectivity index is 1.91. The molecule has 1 saturated heterocycles. The number of ether oxygens (including phenoxy) is 1. The molecule has 1 atom stereocenters. The first kappa shape index (κ1) is 20.5. The third-order valence-electron chi connectivity index (χ3n) is 6.11. The molecule has 0 bridgehead atoms. The first-order valence-electron chi connectivity index (χ1n) is 10.1. The molecule has 0 radical (unpaired) electrons. The van der Waals surface area contributed by atoms with Gasteiger partial charge in [-0.15, -0.1) is 0 Å². The Hall–Kier alpha value is -2.79. The number of carbonyl (C=O) groups is 2. The van der Waals surface area contributed by atoms with Gasteiger partial charge in [0.1, 0.15) is 11.5 Å². The fourth-order valence-corrected chi connectivity index (χ4v) is 4.77. The normalized spacial score (nSPS) is 21.4. The zero-order valence-electron chi connectivity index (χ0n) is 17.0. The Kier molecular flexibility index (Phi) is 5.56. The minimum absolute atomic E-state index is 0.00360. The molecule has 1 saturated carbocycles. The van der Waals surface area contributed by atoms with Crippen LogP contribution in [0.5, 0.6) is 5.75 Å². The Morgan fingerprint density at radius 3 is 2.50 bits per heavy atom. The van der Waals surface area contributed by atoms with Gasteiger partial charge in [-0.3, -0.25) is 9.59 Å². The molecule has 2 fully saturated rings. The van der Waals surface area contributed by atoms with Gasteiger partial charge in [0, 0.05) is 11.6 Å². The van der Waals surface area contributed by atoms with Gasteiger partial charge in [0.15, 0.2) is 0 Å². The van der Waals surface area contributed by atoms with E-state index in [2.05, 4.69) is 0 Å². The number of likely N-dealkylation sites (tertiary alicyclic amines) is 1. The van der Waals surface area contributed by atoms with Crippen LogP contribution in [0.25, 0.3) is 5.76 Å². The minimum atomic E-state index is -0.651. The molecule has 2 aliphatic rings. The lowest BCUT2D eigenvalue weighted by atomic mass is 9.92. The van der Waals surface area contributed by atoms with E-state index < -0.39 is 17.7 Å². The number of ketones is 1. The highest BCUT2D eigenvalue weighted by atomic mass is 35.5. The molecular formula is C24H24ClNO4. The highest BCUT2D eigenvalue weighted by Gasteiger charge is 2.49. The number of hydrogen-bond acceptors (Lipinski definition) is 4. The largest absolute Gasteiger partial charge is 0.507 e. The topological polar surface area (TPSA) is 66.8 Å². The van der Waals surface area contributed by atoms with Crippen LogP contribution in [0.2, 0.25) is 5.02 Å². The molecule has 1 unspecified atom stereocenters. The molecule has 1 amide bonds. The number of carbonyl (C=O) groups excluding carboxylic acids is 2. The van der Waals surface area contributed by atoms with Gasteiger partial charge in [0.05, 0.1) is 23.7 Å².